The van der Waals surface area contributed by atoms with Gasteiger partial charge in [-0.1, -0.05) is 121 Å². The Labute approximate surface area is 286 Å². The summed E-state index contributed by atoms with van der Waals surface area (Å²) in [5.41, 5.74) is 3.62. The summed E-state index contributed by atoms with van der Waals surface area (Å²) in [5, 5.41) is 12.9. The number of nitrogens with zero attached hydrogens (tertiary/aromatic N) is 1. The number of hydrogen-bond donors (Lipinski definition) is 2. The van der Waals surface area contributed by atoms with Gasteiger partial charge in [0.15, 0.2) is 0 Å². The third-order valence-electron chi connectivity index (χ3n) is 8.31. The van der Waals surface area contributed by atoms with Gasteiger partial charge in [0.05, 0.1) is 57.8 Å². The van der Waals surface area contributed by atoms with Crippen molar-refractivity contribution < 1.29 is 38.4 Å². The predicted octanol–water partition coefficient (Wildman–Crippen LogP) is 4.76. The largest absolute Gasteiger partial charge is 0.474 e. The van der Waals surface area contributed by atoms with Crippen LogP contribution in [0.1, 0.15) is 29.2 Å². The average molecular weight is 667 g/mol. The lowest BCUT2D eigenvalue weighted by Gasteiger charge is -2.38. The second-order valence-electron chi connectivity index (χ2n) is 11.9. The number of rotatable bonds is 16. The maximum atomic E-state index is 13.4. The number of likely N-dealkylation sites (tertiary alicyclic amines) is 1. The van der Waals surface area contributed by atoms with Crippen LogP contribution in [0.2, 0.25) is 0 Å². The minimum absolute atomic E-state index is 0.0507. The van der Waals surface area contributed by atoms with Crippen molar-refractivity contribution in [2.75, 3.05) is 13.2 Å². The van der Waals surface area contributed by atoms with Crippen molar-refractivity contribution in [2.24, 2.45) is 0 Å². The summed E-state index contributed by atoms with van der Waals surface area (Å²) in [4.78, 5) is 39.6. The first-order valence-electron chi connectivity index (χ1n) is 16.3. The topological polar surface area (TPSA) is 124 Å². The smallest absolute Gasteiger partial charge is 0.394 e. The highest BCUT2D eigenvalue weighted by Gasteiger charge is 2.52. The van der Waals surface area contributed by atoms with Crippen LogP contribution in [0.25, 0.3) is 0 Å². The molecule has 4 aromatic rings. The van der Waals surface area contributed by atoms with E-state index in [9.17, 15) is 19.5 Å². The van der Waals surface area contributed by atoms with E-state index in [0.717, 1.165) is 22.3 Å². The zero-order valence-electron chi connectivity index (χ0n) is 27.4. The normalized spacial score (nSPS) is 18.5. The Bertz CT molecular complexity index is 1610. The average Bonchev–Trinajstić information content (AvgIpc) is 3.47. The van der Waals surface area contributed by atoms with Crippen LogP contribution in [0.4, 0.5) is 0 Å². The molecule has 1 fully saturated rings. The number of nitrogens with one attached hydrogen (secondary N) is 1. The number of carboxylic acids is 1. The van der Waals surface area contributed by atoms with E-state index in [2.05, 4.69) is 5.32 Å². The Morgan fingerprint density at radius 2 is 1.18 bits per heavy atom. The molecule has 0 saturated carbocycles. The maximum Gasteiger partial charge on any atom is 0.394 e. The summed E-state index contributed by atoms with van der Waals surface area (Å²) in [7, 11) is 0. The lowest BCUT2D eigenvalue weighted by molar-refractivity contribution is -0.165. The van der Waals surface area contributed by atoms with Gasteiger partial charge in [-0.3, -0.25) is 9.59 Å². The fraction of sp³-hybridized carbons (Fsp3) is 0.308. The second kappa shape index (κ2) is 18.0. The molecule has 2 amide bonds. The number of hydrogen-bond acceptors (Lipinski definition) is 7. The molecule has 10 nitrogen and oxygen atoms in total. The third kappa shape index (κ3) is 10.3. The second-order valence-corrected chi connectivity index (χ2v) is 11.9. The first kappa shape index (κ1) is 35.4. The molecule has 5 atom stereocenters. The number of amides is 2. The number of aliphatic carboxylic acids is 1. The minimum atomic E-state index is -1.63. The Morgan fingerprint density at radius 1 is 0.714 bits per heavy atom. The number of carboxylic acid groups (broad SMARTS) is 1. The van der Waals surface area contributed by atoms with Gasteiger partial charge in [0.2, 0.25) is 5.91 Å². The molecule has 1 heterocycles. The molecular weight excluding hydrogens is 624 g/mol. The summed E-state index contributed by atoms with van der Waals surface area (Å²) < 4.78 is 25.7. The number of carbonyl (C=O) groups is 3. The molecule has 1 aliphatic rings. The highest BCUT2D eigenvalue weighted by atomic mass is 16.6. The van der Waals surface area contributed by atoms with Crippen LogP contribution >= 0.6 is 0 Å². The highest BCUT2D eigenvalue weighted by Crippen LogP contribution is 2.30. The van der Waals surface area contributed by atoms with Crippen molar-refractivity contribution in [3.63, 3.8) is 0 Å². The van der Waals surface area contributed by atoms with Crippen molar-refractivity contribution in [3.8, 4) is 0 Å². The Balaban J connectivity index is 1.51. The molecule has 0 radical (unpaired) electrons. The van der Waals surface area contributed by atoms with Gasteiger partial charge in [0, 0.05) is 6.92 Å². The zero-order valence-corrected chi connectivity index (χ0v) is 27.4. The molecule has 1 saturated heterocycles. The van der Waals surface area contributed by atoms with E-state index in [-0.39, 0.29) is 45.5 Å². The van der Waals surface area contributed by atoms with Crippen molar-refractivity contribution in [2.45, 2.75) is 63.7 Å². The van der Waals surface area contributed by atoms with Gasteiger partial charge >= 0.3 is 11.9 Å². The molecule has 256 valence electrons. The fourth-order valence-electron chi connectivity index (χ4n) is 5.99. The van der Waals surface area contributed by atoms with Crippen molar-refractivity contribution in [1.29, 1.82) is 0 Å². The van der Waals surface area contributed by atoms with E-state index >= 15 is 0 Å². The van der Waals surface area contributed by atoms with E-state index < -0.39 is 42.3 Å². The fourth-order valence-corrected chi connectivity index (χ4v) is 5.99. The number of carbonyl (C=O) groups excluding carboxylic acids is 2. The summed E-state index contributed by atoms with van der Waals surface area (Å²) >= 11 is 0. The van der Waals surface area contributed by atoms with Gasteiger partial charge in [0.25, 0.3) is 0 Å². The molecule has 2 N–H and O–H groups in total. The molecule has 49 heavy (non-hydrogen) atoms. The molecule has 10 heteroatoms. The van der Waals surface area contributed by atoms with Crippen LogP contribution < -0.4 is 5.32 Å². The summed E-state index contributed by atoms with van der Waals surface area (Å²) in [6.07, 6.45) is -2.50. The van der Waals surface area contributed by atoms with Gasteiger partial charge in [-0.2, -0.15) is 0 Å². The van der Waals surface area contributed by atoms with Gasteiger partial charge in [-0.15, -0.1) is 0 Å². The summed E-state index contributed by atoms with van der Waals surface area (Å²) in [5.74, 6) is -3.12. The lowest BCUT2D eigenvalue weighted by Crippen LogP contribution is -2.60. The molecule has 0 aliphatic carbocycles. The van der Waals surface area contributed by atoms with Crippen molar-refractivity contribution in [1.82, 2.24) is 10.2 Å². The van der Waals surface area contributed by atoms with Crippen molar-refractivity contribution in [3.05, 3.63) is 144 Å². The first-order chi connectivity index (χ1) is 23.9. The van der Waals surface area contributed by atoms with Crippen LogP contribution in [0.3, 0.4) is 0 Å². The van der Waals surface area contributed by atoms with E-state index in [0.29, 0.717) is 0 Å². The maximum absolute atomic E-state index is 13.4. The van der Waals surface area contributed by atoms with Crippen LogP contribution in [0.15, 0.2) is 121 Å². The zero-order chi connectivity index (χ0) is 34.4. The molecule has 1 aliphatic heterocycles. The van der Waals surface area contributed by atoms with Gasteiger partial charge in [0.1, 0.15) is 12.2 Å². The van der Waals surface area contributed by atoms with E-state index in [4.69, 9.17) is 18.9 Å². The molecular formula is C39H42N2O8. The standard InChI is InChI=1S/C39H42N2O8/c1-28(42)40-35-33(47-24-30-16-8-3-9-17-30)22-41(38(43)39(44)45)36(35)37(49-26-32-20-12-5-13-21-32)34(48-25-31-18-10-4-11-19-31)27-46-23-29-14-6-2-7-15-29/h2-21,33-37H,22-27H2,1H3,(H,40,42)(H,44,45)/t33-,34+,35+,36+,37+/m0/s1. The van der Waals surface area contributed by atoms with Crippen LogP contribution in [-0.2, 0) is 59.8 Å². The molecule has 0 spiro atoms. The van der Waals surface area contributed by atoms with E-state index in [1.54, 1.807) is 0 Å². The van der Waals surface area contributed by atoms with Gasteiger partial charge in [-0.05, 0) is 22.3 Å². The Hall–Kier alpha value is -4.87. The Morgan fingerprint density at radius 3 is 1.67 bits per heavy atom. The van der Waals surface area contributed by atoms with Crippen molar-refractivity contribution >= 4 is 17.8 Å². The Kier molecular flexibility index (Phi) is 13.1. The molecule has 4 aromatic carbocycles. The van der Waals surface area contributed by atoms with Gasteiger partial charge < -0.3 is 34.3 Å². The van der Waals surface area contributed by atoms with E-state index in [1.165, 1.54) is 11.8 Å². The summed E-state index contributed by atoms with van der Waals surface area (Å²) in [6, 6.07) is 36.5. The number of ether oxygens (including phenoxy) is 4. The van der Waals surface area contributed by atoms with E-state index in [1.807, 2.05) is 121 Å². The van der Waals surface area contributed by atoms with Crippen LogP contribution in [0.5, 0.6) is 0 Å². The highest BCUT2D eigenvalue weighted by molar-refractivity contribution is 6.31. The third-order valence-corrected chi connectivity index (χ3v) is 8.31. The van der Waals surface area contributed by atoms with Crippen LogP contribution in [-0.4, -0.2) is 71.3 Å². The summed E-state index contributed by atoms with van der Waals surface area (Å²) in [6.45, 7) is 2.14. The number of benzene rings is 4. The van der Waals surface area contributed by atoms with Crippen LogP contribution in [0, 0.1) is 0 Å². The molecule has 0 bridgehead atoms. The predicted molar refractivity (Wildman–Crippen MR) is 182 cm³/mol. The molecule has 5 rings (SSSR count). The van der Waals surface area contributed by atoms with Gasteiger partial charge in [-0.25, -0.2) is 4.79 Å². The quantitative estimate of drug-likeness (QED) is 0.164. The minimum Gasteiger partial charge on any atom is -0.474 e. The monoisotopic (exact) mass is 666 g/mol. The molecule has 0 aromatic heterocycles. The SMILES string of the molecule is CC(=O)N[C@H]1[C@H]([C@H](OCc2ccccc2)[C@@H](COCc2ccccc2)OCc2ccccc2)N(C(=O)C(=O)O)C[C@@H]1OCc1ccccc1. The first-order valence-corrected chi connectivity index (χ1v) is 16.3. The molecule has 0 unspecified atom stereocenters. The lowest BCUT2D eigenvalue weighted by atomic mass is 9.96.